The predicted octanol–water partition coefficient (Wildman–Crippen LogP) is 3.91. The monoisotopic (exact) mass is 454 g/mol. The van der Waals surface area contributed by atoms with E-state index in [-0.39, 0.29) is 60.8 Å². The predicted molar refractivity (Wildman–Crippen MR) is 119 cm³/mol. The van der Waals surface area contributed by atoms with Crippen LogP contribution in [0.2, 0.25) is 0 Å². The van der Waals surface area contributed by atoms with Crippen LogP contribution in [-0.2, 0) is 19.1 Å². The second-order valence-corrected chi connectivity index (χ2v) is 8.68. The molecule has 8 heteroatoms. The first-order valence-electron chi connectivity index (χ1n) is 10.7. The lowest BCUT2D eigenvalue weighted by molar-refractivity contribution is -0.149. The number of hydrogen-bond acceptors (Lipinski definition) is 6. The summed E-state index contributed by atoms with van der Waals surface area (Å²) in [4.78, 5) is 24.2. The van der Waals surface area contributed by atoms with E-state index < -0.39 is 0 Å². The molecule has 0 bridgehead atoms. The highest BCUT2D eigenvalue weighted by Gasteiger charge is 2.34. The van der Waals surface area contributed by atoms with E-state index in [2.05, 4.69) is 0 Å². The molecule has 4 N–H and O–H groups in total. The summed E-state index contributed by atoms with van der Waals surface area (Å²) in [5.41, 5.74) is 11.7. The maximum absolute atomic E-state index is 12.1. The van der Waals surface area contributed by atoms with Crippen molar-refractivity contribution < 1.29 is 19.1 Å². The van der Waals surface area contributed by atoms with Gasteiger partial charge in [0.05, 0.1) is 26.1 Å². The van der Waals surface area contributed by atoms with Crippen LogP contribution in [0.1, 0.15) is 83.5 Å². The van der Waals surface area contributed by atoms with Crippen LogP contribution in [0.5, 0.6) is 0 Å². The lowest BCUT2D eigenvalue weighted by Crippen LogP contribution is -2.35. The average molecular weight is 455 g/mol. The van der Waals surface area contributed by atoms with Crippen molar-refractivity contribution >= 4 is 36.8 Å². The van der Waals surface area contributed by atoms with Crippen molar-refractivity contribution in [2.75, 3.05) is 26.3 Å². The molecule has 0 radical (unpaired) electrons. The van der Waals surface area contributed by atoms with Crippen LogP contribution in [0.3, 0.4) is 0 Å². The molecule has 0 aromatic carbocycles. The van der Waals surface area contributed by atoms with E-state index in [1.165, 1.54) is 12.8 Å². The third kappa shape index (κ3) is 9.41. The van der Waals surface area contributed by atoms with Crippen LogP contribution in [-0.4, -0.2) is 38.2 Å². The molecule has 29 heavy (non-hydrogen) atoms. The molecule has 0 saturated heterocycles. The van der Waals surface area contributed by atoms with Crippen molar-refractivity contribution in [1.29, 1.82) is 0 Å². The van der Waals surface area contributed by atoms with Crippen molar-refractivity contribution in [2.45, 2.75) is 83.5 Å². The zero-order chi connectivity index (χ0) is 19.6. The molecule has 0 atom stereocenters. The number of ether oxygens (including phenoxy) is 2. The maximum Gasteiger partial charge on any atom is 0.306 e. The van der Waals surface area contributed by atoms with E-state index in [1.54, 1.807) is 0 Å². The molecule has 6 nitrogen and oxygen atoms in total. The summed E-state index contributed by atoms with van der Waals surface area (Å²) in [6, 6.07) is 0. The molecule has 0 amide bonds. The molecular formula is C21H40Cl2N2O4. The number of hydrogen-bond donors (Lipinski definition) is 2. The summed E-state index contributed by atoms with van der Waals surface area (Å²) in [6.45, 7) is 1.66. The fraction of sp³-hybridized carbons (Fsp3) is 0.905. The fourth-order valence-electron chi connectivity index (χ4n) is 4.66. The van der Waals surface area contributed by atoms with Crippen LogP contribution in [0.25, 0.3) is 0 Å². The Morgan fingerprint density at radius 2 is 1.00 bits per heavy atom. The van der Waals surface area contributed by atoms with Gasteiger partial charge in [0, 0.05) is 6.42 Å². The Labute approximate surface area is 188 Å². The zero-order valence-corrected chi connectivity index (χ0v) is 19.3. The van der Waals surface area contributed by atoms with E-state index in [1.807, 2.05) is 0 Å². The van der Waals surface area contributed by atoms with Gasteiger partial charge in [0.25, 0.3) is 0 Å². The third-order valence-corrected chi connectivity index (χ3v) is 6.55. The highest BCUT2D eigenvalue weighted by Crippen LogP contribution is 2.39. The summed E-state index contributed by atoms with van der Waals surface area (Å²) < 4.78 is 10.7. The number of rotatable bonds is 10. The Balaban J connectivity index is 0.00000392. The van der Waals surface area contributed by atoms with Gasteiger partial charge in [-0.1, -0.05) is 38.5 Å². The Morgan fingerprint density at radius 3 is 1.31 bits per heavy atom. The van der Waals surface area contributed by atoms with Crippen LogP contribution in [0, 0.1) is 10.8 Å². The number of nitrogens with two attached hydrogens (primary N) is 2. The second-order valence-electron chi connectivity index (χ2n) is 8.68. The van der Waals surface area contributed by atoms with Crippen molar-refractivity contribution in [3.63, 3.8) is 0 Å². The standard InChI is InChI=1S/C21H38N2O4.2ClH/c22-16-20(8-3-1-4-9-20)14-18(24)26-12-7-13-27-19(25)15-21(17-23)10-5-2-6-11-21;;/h1-17,22-23H2;2*1H. The van der Waals surface area contributed by atoms with Crippen LogP contribution in [0.4, 0.5) is 0 Å². The minimum atomic E-state index is -0.182. The molecule has 172 valence electrons. The van der Waals surface area contributed by atoms with E-state index in [9.17, 15) is 9.59 Å². The first-order chi connectivity index (χ1) is 13.0. The summed E-state index contributed by atoms with van der Waals surface area (Å²) >= 11 is 0. The summed E-state index contributed by atoms with van der Waals surface area (Å²) in [5.74, 6) is -0.365. The molecule has 2 rings (SSSR count). The zero-order valence-electron chi connectivity index (χ0n) is 17.6. The lowest BCUT2D eigenvalue weighted by Gasteiger charge is -2.35. The van der Waals surface area contributed by atoms with Crippen LogP contribution >= 0.6 is 24.8 Å². The molecule has 0 aromatic rings. The van der Waals surface area contributed by atoms with Crippen molar-refractivity contribution in [1.82, 2.24) is 0 Å². The minimum absolute atomic E-state index is 0. The normalized spacial score (nSPS) is 19.9. The van der Waals surface area contributed by atoms with Crippen molar-refractivity contribution in [3.8, 4) is 0 Å². The molecule has 2 aliphatic rings. The molecular weight excluding hydrogens is 415 g/mol. The maximum atomic E-state index is 12.1. The quantitative estimate of drug-likeness (QED) is 0.382. The molecule has 2 fully saturated rings. The van der Waals surface area contributed by atoms with Gasteiger partial charge in [-0.05, 0) is 49.6 Å². The van der Waals surface area contributed by atoms with E-state index in [0.29, 0.717) is 32.4 Å². The number of carbonyl (C=O) groups is 2. The summed E-state index contributed by atoms with van der Waals surface area (Å²) in [7, 11) is 0. The lowest BCUT2D eigenvalue weighted by atomic mass is 9.72. The Bertz CT molecular complexity index is 437. The van der Waals surface area contributed by atoms with Gasteiger partial charge < -0.3 is 20.9 Å². The highest BCUT2D eigenvalue weighted by molar-refractivity contribution is 5.85. The van der Waals surface area contributed by atoms with Crippen molar-refractivity contribution in [2.24, 2.45) is 22.3 Å². The first kappa shape index (κ1) is 28.4. The van der Waals surface area contributed by atoms with Gasteiger partial charge in [-0.2, -0.15) is 0 Å². The van der Waals surface area contributed by atoms with E-state index >= 15 is 0 Å². The molecule has 0 unspecified atom stereocenters. The molecule has 0 spiro atoms. The van der Waals surface area contributed by atoms with Gasteiger partial charge in [-0.25, -0.2) is 0 Å². The highest BCUT2D eigenvalue weighted by atomic mass is 35.5. The molecule has 0 aliphatic heterocycles. The van der Waals surface area contributed by atoms with Gasteiger partial charge in [-0.3, -0.25) is 9.59 Å². The Kier molecular flexibility index (Phi) is 14.2. The van der Waals surface area contributed by atoms with Gasteiger partial charge in [0.1, 0.15) is 0 Å². The summed E-state index contributed by atoms with van der Waals surface area (Å²) in [6.07, 6.45) is 12.4. The smallest absolute Gasteiger partial charge is 0.306 e. The van der Waals surface area contributed by atoms with Gasteiger partial charge in [0.2, 0.25) is 0 Å². The van der Waals surface area contributed by atoms with Gasteiger partial charge in [-0.15, -0.1) is 24.8 Å². The van der Waals surface area contributed by atoms with Crippen molar-refractivity contribution in [3.05, 3.63) is 0 Å². The Morgan fingerprint density at radius 1 is 0.655 bits per heavy atom. The fourth-order valence-corrected chi connectivity index (χ4v) is 4.66. The minimum Gasteiger partial charge on any atom is -0.466 e. The number of esters is 2. The van der Waals surface area contributed by atoms with Crippen LogP contribution < -0.4 is 11.5 Å². The van der Waals surface area contributed by atoms with Crippen LogP contribution in [0.15, 0.2) is 0 Å². The van der Waals surface area contributed by atoms with Gasteiger partial charge >= 0.3 is 11.9 Å². The Hall–Kier alpha value is -0.560. The molecule has 2 aliphatic carbocycles. The molecule has 2 saturated carbocycles. The average Bonchev–Trinajstić information content (AvgIpc) is 2.69. The SMILES string of the molecule is Cl.Cl.NCC1(CC(=O)OCCCOC(=O)CC2(CN)CCCCC2)CCCCC1. The topological polar surface area (TPSA) is 105 Å². The third-order valence-electron chi connectivity index (χ3n) is 6.55. The van der Waals surface area contributed by atoms with Gasteiger partial charge in [0.15, 0.2) is 0 Å². The van der Waals surface area contributed by atoms with E-state index in [0.717, 1.165) is 51.4 Å². The molecule has 0 heterocycles. The number of halogens is 2. The largest absolute Gasteiger partial charge is 0.466 e. The first-order valence-corrected chi connectivity index (χ1v) is 10.7. The molecule has 0 aromatic heterocycles. The number of carbonyl (C=O) groups excluding carboxylic acids is 2. The summed E-state index contributed by atoms with van der Waals surface area (Å²) in [5, 5.41) is 0. The second kappa shape index (κ2) is 14.4. The van der Waals surface area contributed by atoms with E-state index in [4.69, 9.17) is 20.9 Å².